The summed E-state index contributed by atoms with van der Waals surface area (Å²) in [4.78, 5) is 8.13. The normalized spacial score (nSPS) is 12.1. The van der Waals surface area contributed by atoms with Crippen molar-refractivity contribution in [1.82, 2.24) is 14.7 Å². The Kier molecular flexibility index (Phi) is 5.47. The van der Waals surface area contributed by atoms with Crippen molar-refractivity contribution < 1.29 is 8.42 Å². The molecule has 3 aromatic carbocycles. The van der Waals surface area contributed by atoms with Crippen LogP contribution in [-0.2, 0) is 10.0 Å². The fraction of sp³-hybridized carbons (Fsp3) is 0.0870. The topological polar surface area (TPSA) is 74.8 Å². The van der Waals surface area contributed by atoms with Crippen molar-refractivity contribution in [2.75, 3.05) is 7.05 Å². The van der Waals surface area contributed by atoms with E-state index in [1.807, 2.05) is 61.5 Å². The Bertz CT molecular complexity index is 1370. The number of hydrogen-bond acceptors (Lipinski definition) is 3. The van der Waals surface area contributed by atoms with Gasteiger partial charge in [0.2, 0.25) is 10.0 Å². The predicted molar refractivity (Wildman–Crippen MR) is 123 cm³/mol. The van der Waals surface area contributed by atoms with E-state index in [2.05, 4.69) is 14.7 Å². The first-order valence-electron chi connectivity index (χ1n) is 9.34. The number of hydrogen-bond donors (Lipinski definition) is 2. The molecule has 0 amide bonds. The minimum Gasteiger partial charge on any atom is -0.338 e. The number of H-pyrrole nitrogens is 1. The summed E-state index contributed by atoms with van der Waals surface area (Å²) in [7, 11) is -2.17. The van der Waals surface area contributed by atoms with Crippen LogP contribution in [0.2, 0.25) is 5.02 Å². The van der Waals surface area contributed by atoms with Gasteiger partial charge in [0, 0.05) is 10.6 Å². The molecule has 2 N–H and O–H groups in total. The largest absolute Gasteiger partial charge is 0.338 e. The molecule has 0 aliphatic heterocycles. The van der Waals surface area contributed by atoms with Crippen LogP contribution < -0.4 is 4.72 Å². The van der Waals surface area contributed by atoms with Crippen molar-refractivity contribution in [3.05, 3.63) is 82.6 Å². The molecule has 0 bridgehead atoms. The molecule has 4 aromatic rings. The smallest absolute Gasteiger partial charge is 0.240 e. The second-order valence-electron chi connectivity index (χ2n) is 6.90. The average molecular weight is 438 g/mol. The van der Waals surface area contributed by atoms with Gasteiger partial charge < -0.3 is 4.98 Å². The van der Waals surface area contributed by atoms with Gasteiger partial charge in [-0.15, -0.1) is 0 Å². The van der Waals surface area contributed by atoms with Gasteiger partial charge in [-0.3, -0.25) is 0 Å². The Hall–Kier alpha value is -2.93. The lowest BCUT2D eigenvalue weighted by atomic mass is 10.1. The van der Waals surface area contributed by atoms with Crippen molar-refractivity contribution in [3.8, 4) is 11.1 Å². The lowest BCUT2D eigenvalue weighted by Crippen LogP contribution is -2.19. The van der Waals surface area contributed by atoms with E-state index in [0.717, 1.165) is 32.7 Å². The maximum Gasteiger partial charge on any atom is 0.240 e. The van der Waals surface area contributed by atoms with Crippen molar-refractivity contribution in [1.29, 1.82) is 0 Å². The van der Waals surface area contributed by atoms with Gasteiger partial charge in [0.15, 0.2) is 0 Å². The maximum absolute atomic E-state index is 12.4. The Balaban J connectivity index is 1.70. The van der Waals surface area contributed by atoms with E-state index in [0.29, 0.717) is 11.4 Å². The van der Waals surface area contributed by atoms with Crippen molar-refractivity contribution >= 4 is 44.8 Å². The fourth-order valence-electron chi connectivity index (χ4n) is 3.21. The number of benzene rings is 3. The van der Waals surface area contributed by atoms with Crippen LogP contribution in [0.1, 0.15) is 17.0 Å². The minimum atomic E-state index is -3.57. The number of aromatic nitrogens is 2. The molecular formula is C23H20ClN3O2S. The molecule has 0 saturated heterocycles. The van der Waals surface area contributed by atoms with E-state index in [1.165, 1.54) is 7.05 Å². The Morgan fingerprint density at radius 1 is 1.03 bits per heavy atom. The molecule has 30 heavy (non-hydrogen) atoms. The zero-order valence-electron chi connectivity index (χ0n) is 16.5. The molecule has 7 heteroatoms. The second-order valence-corrected chi connectivity index (χ2v) is 9.16. The molecule has 0 unspecified atom stereocenters. The van der Waals surface area contributed by atoms with Crippen LogP contribution >= 0.6 is 11.6 Å². The summed E-state index contributed by atoms with van der Waals surface area (Å²) in [5.74, 6) is 0.704. The van der Waals surface area contributed by atoms with Crippen molar-refractivity contribution in [2.45, 2.75) is 11.8 Å². The quantitative estimate of drug-likeness (QED) is 0.446. The van der Waals surface area contributed by atoms with Gasteiger partial charge in [-0.1, -0.05) is 54.1 Å². The number of imidazole rings is 1. The van der Waals surface area contributed by atoms with E-state index in [-0.39, 0.29) is 4.90 Å². The summed E-state index contributed by atoms with van der Waals surface area (Å²) in [6, 6.07) is 18.5. The van der Waals surface area contributed by atoms with Crippen LogP contribution in [0.4, 0.5) is 0 Å². The first-order valence-corrected chi connectivity index (χ1v) is 11.2. The van der Waals surface area contributed by atoms with Crippen LogP contribution in [0, 0.1) is 6.92 Å². The average Bonchev–Trinajstić information content (AvgIpc) is 3.16. The summed E-state index contributed by atoms with van der Waals surface area (Å²) >= 11 is 6.19. The third kappa shape index (κ3) is 4.03. The zero-order valence-corrected chi connectivity index (χ0v) is 18.1. The van der Waals surface area contributed by atoms with Crippen LogP contribution in [0.15, 0.2) is 65.6 Å². The van der Waals surface area contributed by atoms with E-state index in [4.69, 9.17) is 11.6 Å². The SMILES string of the molecule is CNS(=O)(=O)c1ccccc1-c1ccc2[nH]c(/C=C/c3ccc(C)c(Cl)c3)nc2c1. The van der Waals surface area contributed by atoms with Crippen molar-refractivity contribution in [3.63, 3.8) is 0 Å². The van der Waals surface area contributed by atoms with Gasteiger partial charge in [0.1, 0.15) is 5.82 Å². The van der Waals surface area contributed by atoms with Gasteiger partial charge in [-0.05, 0) is 61.0 Å². The van der Waals surface area contributed by atoms with E-state index >= 15 is 0 Å². The lowest BCUT2D eigenvalue weighted by Gasteiger charge is -2.09. The number of aryl methyl sites for hydroxylation is 1. The fourth-order valence-corrected chi connectivity index (χ4v) is 4.35. The molecule has 4 rings (SSSR count). The number of nitrogens with zero attached hydrogens (tertiary/aromatic N) is 1. The Morgan fingerprint density at radius 3 is 2.60 bits per heavy atom. The summed E-state index contributed by atoms with van der Waals surface area (Å²) in [5.41, 5.74) is 5.05. The van der Waals surface area contributed by atoms with Crippen LogP contribution in [-0.4, -0.2) is 25.4 Å². The molecule has 0 saturated carbocycles. The third-order valence-corrected chi connectivity index (χ3v) is 6.77. The molecular weight excluding hydrogens is 418 g/mol. The molecule has 0 aliphatic rings. The van der Waals surface area contributed by atoms with Gasteiger partial charge in [0.25, 0.3) is 0 Å². The van der Waals surface area contributed by atoms with Gasteiger partial charge in [0.05, 0.1) is 15.9 Å². The standard InChI is InChI=1S/C23H20ClN3O2S/c1-15-7-8-16(13-19(15)24)9-12-23-26-20-11-10-17(14-21(20)27-23)18-5-3-4-6-22(18)30(28,29)25-2/h3-14,25H,1-2H3,(H,26,27)/b12-9+. The minimum absolute atomic E-state index is 0.235. The highest BCUT2D eigenvalue weighted by Crippen LogP contribution is 2.29. The number of fused-ring (bicyclic) bond motifs is 1. The summed E-state index contributed by atoms with van der Waals surface area (Å²) in [6.07, 6.45) is 3.83. The number of nitrogens with one attached hydrogen (secondary N) is 2. The highest BCUT2D eigenvalue weighted by Gasteiger charge is 2.17. The third-order valence-electron chi connectivity index (χ3n) is 4.89. The Labute approximate surface area is 180 Å². The number of sulfonamides is 1. The number of halogens is 1. The first kappa shape index (κ1) is 20.3. The molecule has 1 heterocycles. The van der Waals surface area contributed by atoms with Gasteiger partial charge in [-0.25, -0.2) is 18.1 Å². The summed E-state index contributed by atoms with van der Waals surface area (Å²) in [5, 5.41) is 0.724. The highest BCUT2D eigenvalue weighted by molar-refractivity contribution is 7.89. The molecule has 152 valence electrons. The zero-order chi connectivity index (χ0) is 21.3. The molecule has 0 atom stereocenters. The molecule has 5 nitrogen and oxygen atoms in total. The maximum atomic E-state index is 12.4. The molecule has 0 fully saturated rings. The Morgan fingerprint density at radius 2 is 1.83 bits per heavy atom. The monoisotopic (exact) mass is 437 g/mol. The first-order chi connectivity index (χ1) is 14.4. The van der Waals surface area contributed by atoms with Gasteiger partial charge >= 0.3 is 0 Å². The summed E-state index contributed by atoms with van der Waals surface area (Å²) in [6.45, 7) is 1.96. The van der Waals surface area contributed by atoms with E-state index in [1.54, 1.807) is 18.2 Å². The van der Waals surface area contributed by atoms with E-state index in [9.17, 15) is 8.42 Å². The van der Waals surface area contributed by atoms with Crippen molar-refractivity contribution in [2.24, 2.45) is 0 Å². The molecule has 0 spiro atoms. The number of rotatable bonds is 5. The molecule has 0 radical (unpaired) electrons. The molecule has 0 aliphatic carbocycles. The summed E-state index contributed by atoms with van der Waals surface area (Å²) < 4.78 is 27.1. The lowest BCUT2D eigenvalue weighted by molar-refractivity contribution is 0.588. The second kappa shape index (κ2) is 8.07. The van der Waals surface area contributed by atoms with Crippen LogP contribution in [0.3, 0.4) is 0 Å². The molecule has 1 aromatic heterocycles. The predicted octanol–water partition coefficient (Wildman–Crippen LogP) is 5.27. The van der Waals surface area contributed by atoms with Gasteiger partial charge in [-0.2, -0.15) is 0 Å². The van der Waals surface area contributed by atoms with E-state index < -0.39 is 10.0 Å². The van der Waals surface area contributed by atoms with Crippen LogP contribution in [0.25, 0.3) is 34.3 Å². The highest BCUT2D eigenvalue weighted by atomic mass is 35.5. The number of aromatic amines is 1. The van der Waals surface area contributed by atoms with Crippen LogP contribution in [0.5, 0.6) is 0 Å².